The summed E-state index contributed by atoms with van der Waals surface area (Å²) in [5.74, 6) is 1.00. The number of allylic oxidation sites excluding steroid dienone is 5. The van der Waals surface area contributed by atoms with Gasteiger partial charge in [-0.2, -0.15) is 0 Å². The minimum Gasteiger partial charge on any atom is -0.490 e. The van der Waals surface area contributed by atoms with Gasteiger partial charge in [0.05, 0.1) is 24.4 Å². The van der Waals surface area contributed by atoms with Crippen LogP contribution in [0.4, 0.5) is 0 Å². The predicted octanol–water partition coefficient (Wildman–Crippen LogP) is 4.45. The number of sulfone groups is 1. The zero-order chi connectivity index (χ0) is 19.1. The highest BCUT2D eigenvalue weighted by Crippen LogP contribution is 2.26. The molecule has 3 rings (SSSR count). The van der Waals surface area contributed by atoms with E-state index in [1.807, 2.05) is 49.4 Å². The molecule has 2 aliphatic rings. The van der Waals surface area contributed by atoms with Crippen molar-refractivity contribution in [3.05, 3.63) is 64.8 Å². The van der Waals surface area contributed by atoms with Gasteiger partial charge in [-0.05, 0) is 48.6 Å². The zero-order valence-corrected chi connectivity index (χ0v) is 16.5. The zero-order valence-electron chi connectivity index (χ0n) is 15.7. The molecule has 0 amide bonds. The molecule has 1 aromatic carbocycles. The number of benzene rings is 1. The Balaban J connectivity index is 1.84. The predicted molar refractivity (Wildman–Crippen MR) is 108 cm³/mol. The Kier molecular flexibility index (Phi) is 6.73. The molecule has 2 heterocycles. The number of hydrogen-bond donors (Lipinski definition) is 0. The first kappa shape index (κ1) is 19.7. The third kappa shape index (κ3) is 5.96. The van der Waals surface area contributed by atoms with Gasteiger partial charge in [0.25, 0.3) is 0 Å². The van der Waals surface area contributed by atoms with E-state index in [9.17, 15) is 8.42 Å². The van der Waals surface area contributed by atoms with Gasteiger partial charge in [-0.1, -0.05) is 30.4 Å². The van der Waals surface area contributed by atoms with Crippen molar-refractivity contribution >= 4 is 15.4 Å². The van der Waals surface area contributed by atoms with E-state index in [2.05, 4.69) is 5.73 Å². The summed E-state index contributed by atoms with van der Waals surface area (Å²) < 4.78 is 35.4. The molecule has 0 atom stereocenters. The molecular weight excluding hydrogens is 360 g/mol. The molecule has 144 valence electrons. The lowest BCUT2D eigenvalue weighted by Crippen LogP contribution is -2.25. The fourth-order valence-corrected chi connectivity index (χ4v) is 4.16. The van der Waals surface area contributed by atoms with Crippen LogP contribution in [0.15, 0.2) is 59.2 Å². The van der Waals surface area contributed by atoms with Crippen molar-refractivity contribution in [2.45, 2.75) is 38.7 Å². The minimum atomic E-state index is -3.21. The minimum absolute atomic E-state index is 0.158. The van der Waals surface area contributed by atoms with Crippen LogP contribution in [0.3, 0.4) is 0 Å². The lowest BCUT2D eigenvalue weighted by atomic mass is 9.99. The molecule has 4 nitrogen and oxygen atoms in total. The topological polar surface area (TPSA) is 52.6 Å². The van der Waals surface area contributed by atoms with Crippen molar-refractivity contribution < 1.29 is 17.9 Å². The standard InChI is InChI=1S/C22H26O4S/c1-18-13-17-27(23,24)16-5-3-2-4-6-22(18)19-7-9-20(10-8-19)26-21-11-14-25-15-12-21/h2,4,6-10,17,21H,3,5,11-12,14-16H2,1H3/b4-2-,22-6?. The molecule has 0 spiro atoms. The first-order valence-electron chi connectivity index (χ1n) is 9.42. The molecule has 0 radical (unpaired) electrons. The second kappa shape index (κ2) is 9.23. The molecule has 0 aromatic heterocycles. The Morgan fingerprint density at radius 1 is 1.15 bits per heavy atom. The van der Waals surface area contributed by atoms with Crippen LogP contribution in [0.1, 0.15) is 38.2 Å². The Labute approximate surface area is 161 Å². The van der Waals surface area contributed by atoms with Crippen LogP contribution in [-0.2, 0) is 14.6 Å². The van der Waals surface area contributed by atoms with E-state index >= 15 is 0 Å². The van der Waals surface area contributed by atoms with E-state index in [0.29, 0.717) is 6.42 Å². The molecule has 0 aliphatic carbocycles. The SMILES string of the molecule is CC1=C=CS(=O)(=O)CCC/C=C\C=C1c1ccc(OC2CCOCC2)cc1. The van der Waals surface area contributed by atoms with Crippen LogP contribution in [0, 0.1) is 0 Å². The normalized spacial score (nSPS) is 22.3. The van der Waals surface area contributed by atoms with Gasteiger partial charge in [0.2, 0.25) is 0 Å². The molecular formula is C22H26O4S. The molecule has 2 aliphatic heterocycles. The van der Waals surface area contributed by atoms with Gasteiger partial charge in [0, 0.05) is 12.8 Å². The van der Waals surface area contributed by atoms with Crippen molar-refractivity contribution in [1.29, 1.82) is 0 Å². The van der Waals surface area contributed by atoms with Gasteiger partial charge >= 0.3 is 0 Å². The van der Waals surface area contributed by atoms with E-state index in [0.717, 1.165) is 54.9 Å². The van der Waals surface area contributed by atoms with Crippen LogP contribution in [0.2, 0.25) is 0 Å². The molecule has 1 fully saturated rings. The summed E-state index contributed by atoms with van der Waals surface area (Å²) >= 11 is 0. The summed E-state index contributed by atoms with van der Waals surface area (Å²) in [6.07, 6.45) is 9.42. The lowest BCUT2D eigenvalue weighted by Gasteiger charge is -2.23. The monoisotopic (exact) mass is 386 g/mol. The maximum absolute atomic E-state index is 12.0. The molecule has 1 saturated heterocycles. The fraction of sp³-hybridized carbons (Fsp3) is 0.409. The van der Waals surface area contributed by atoms with Crippen LogP contribution >= 0.6 is 0 Å². The second-order valence-corrected chi connectivity index (χ2v) is 8.83. The average molecular weight is 387 g/mol. The van der Waals surface area contributed by atoms with Gasteiger partial charge in [-0.25, -0.2) is 8.42 Å². The van der Waals surface area contributed by atoms with Crippen molar-refractivity contribution in [3.8, 4) is 5.75 Å². The molecule has 0 bridgehead atoms. The van der Waals surface area contributed by atoms with Crippen molar-refractivity contribution in [1.82, 2.24) is 0 Å². The maximum Gasteiger partial charge on any atom is 0.178 e. The Bertz CT molecular complexity index is 863. The van der Waals surface area contributed by atoms with Crippen LogP contribution in [0.25, 0.3) is 5.57 Å². The van der Waals surface area contributed by atoms with Crippen LogP contribution < -0.4 is 4.74 Å². The van der Waals surface area contributed by atoms with Crippen LogP contribution in [0.5, 0.6) is 5.75 Å². The Hall–Kier alpha value is -2.07. The summed E-state index contributed by atoms with van der Waals surface area (Å²) in [7, 11) is -3.21. The molecule has 0 saturated carbocycles. The van der Waals surface area contributed by atoms with E-state index in [1.165, 1.54) is 5.41 Å². The smallest absolute Gasteiger partial charge is 0.178 e. The first-order chi connectivity index (χ1) is 13.0. The molecule has 27 heavy (non-hydrogen) atoms. The average Bonchev–Trinajstić information content (AvgIpc) is 2.69. The van der Waals surface area contributed by atoms with E-state index in [-0.39, 0.29) is 11.9 Å². The quantitative estimate of drug-likeness (QED) is 0.720. The first-order valence-corrected chi connectivity index (χ1v) is 11.1. The summed E-state index contributed by atoms with van der Waals surface area (Å²) in [6, 6.07) is 7.95. The summed E-state index contributed by atoms with van der Waals surface area (Å²) in [5.41, 5.74) is 5.71. The third-order valence-corrected chi connectivity index (χ3v) is 6.03. The van der Waals surface area contributed by atoms with Gasteiger partial charge < -0.3 is 9.47 Å². The molecule has 0 N–H and O–H groups in total. The lowest BCUT2D eigenvalue weighted by molar-refractivity contribution is 0.0256. The summed E-state index contributed by atoms with van der Waals surface area (Å²) in [5, 5.41) is 1.21. The van der Waals surface area contributed by atoms with Gasteiger partial charge in [-0.15, -0.1) is 5.73 Å². The highest BCUT2D eigenvalue weighted by atomic mass is 32.2. The molecule has 5 heteroatoms. The van der Waals surface area contributed by atoms with Gasteiger partial charge in [0.1, 0.15) is 11.9 Å². The third-order valence-electron chi connectivity index (χ3n) is 4.69. The van der Waals surface area contributed by atoms with Gasteiger partial charge in [0.15, 0.2) is 9.84 Å². The van der Waals surface area contributed by atoms with E-state index in [4.69, 9.17) is 9.47 Å². The number of rotatable bonds is 3. The van der Waals surface area contributed by atoms with Gasteiger partial charge in [-0.3, -0.25) is 0 Å². The maximum atomic E-state index is 12.0. The summed E-state index contributed by atoms with van der Waals surface area (Å²) in [6.45, 7) is 3.39. The Morgan fingerprint density at radius 2 is 1.89 bits per heavy atom. The molecule has 0 unspecified atom stereocenters. The van der Waals surface area contributed by atoms with Crippen LogP contribution in [-0.4, -0.2) is 33.5 Å². The van der Waals surface area contributed by atoms with E-state index in [1.54, 1.807) is 0 Å². The highest BCUT2D eigenvalue weighted by molar-refractivity contribution is 7.94. The summed E-state index contributed by atoms with van der Waals surface area (Å²) in [4.78, 5) is 0. The van der Waals surface area contributed by atoms with Crippen molar-refractivity contribution in [2.24, 2.45) is 0 Å². The largest absolute Gasteiger partial charge is 0.490 e. The second-order valence-electron chi connectivity index (χ2n) is 6.86. The highest BCUT2D eigenvalue weighted by Gasteiger charge is 2.15. The van der Waals surface area contributed by atoms with E-state index < -0.39 is 9.84 Å². The van der Waals surface area contributed by atoms with Crippen molar-refractivity contribution in [3.63, 3.8) is 0 Å². The molecule has 1 aromatic rings. The number of hydrogen-bond acceptors (Lipinski definition) is 4. The number of ether oxygens (including phenoxy) is 2. The Morgan fingerprint density at radius 3 is 2.63 bits per heavy atom. The van der Waals surface area contributed by atoms with Crippen molar-refractivity contribution in [2.75, 3.05) is 19.0 Å². The fourth-order valence-electron chi connectivity index (χ4n) is 3.11.